The average molecular weight is 418 g/mol. The van der Waals surface area contributed by atoms with Gasteiger partial charge in [-0.15, -0.1) is 0 Å². The third kappa shape index (κ3) is 4.69. The zero-order valence-corrected chi connectivity index (χ0v) is 16.6. The van der Waals surface area contributed by atoms with Gasteiger partial charge in [-0.2, -0.15) is 0 Å². The van der Waals surface area contributed by atoms with Crippen molar-refractivity contribution < 1.29 is 18.7 Å². The molecule has 8 heteroatoms. The van der Waals surface area contributed by atoms with E-state index in [1.165, 1.54) is 19.5 Å². The molecular weight excluding hydrogens is 399 g/mol. The number of nitrogens with one attached hydrogen (secondary N) is 2. The molecule has 0 bridgehead atoms. The number of anilines is 3. The smallest absolute Gasteiger partial charge is 0.262 e. The van der Waals surface area contributed by atoms with Crippen molar-refractivity contribution in [2.24, 2.45) is 0 Å². The lowest BCUT2D eigenvalue weighted by molar-refractivity contribution is -0.118. The molecule has 1 heterocycles. The van der Waals surface area contributed by atoms with E-state index in [2.05, 4.69) is 20.6 Å². The molecule has 0 aliphatic rings. The van der Waals surface area contributed by atoms with Gasteiger partial charge in [-0.25, -0.2) is 14.4 Å². The van der Waals surface area contributed by atoms with Gasteiger partial charge in [-0.3, -0.25) is 4.79 Å². The molecule has 0 saturated carbocycles. The van der Waals surface area contributed by atoms with Crippen LogP contribution in [0.15, 0.2) is 73.1 Å². The van der Waals surface area contributed by atoms with Crippen molar-refractivity contribution in [3.05, 3.63) is 78.9 Å². The molecule has 0 spiro atoms. The van der Waals surface area contributed by atoms with Crippen LogP contribution in [-0.2, 0) is 4.79 Å². The van der Waals surface area contributed by atoms with Crippen LogP contribution in [0.25, 0.3) is 10.9 Å². The Kier molecular flexibility index (Phi) is 5.89. The first-order valence-electron chi connectivity index (χ1n) is 9.46. The first-order valence-corrected chi connectivity index (χ1v) is 9.46. The number of methoxy groups -OCH3 is 1. The summed E-state index contributed by atoms with van der Waals surface area (Å²) in [6.07, 6.45) is 1.30. The fraction of sp³-hybridized carbons (Fsp3) is 0.0870. The summed E-state index contributed by atoms with van der Waals surface area (Å²) in [4.78, 5) is 20.5. The van der Waals surface area contributed by atoms with Crippen LogP contribution >= 0.6 is 0 Å². The molecule has 3 aromatic carbocycles. The number of nitrogens with zero attached hydrogens (tertiary/aromatic N) is 2. The molecule has 0 saturated heterocycles. The van der Waals surface area contributed by atoms with Crippen molar-refractivity contribution in [3.63, 3.8) is 0 Å². The van der Waals surface area contributed by atoms with Crippen molar-refractivity contribution in [3.8, 4) is 11.5 Å². The first-order chi connectivity index (χ1) is 15.1. The molecule has 1 aromatic heterocycles. The van der Waals surface area contributed by atoms with E-state index in [4.69, 9.17) is 9.47 Å². The highest BCUT2D eigenvalue weighted by Crippen LogP contribution is 2.27. The fourth-order valence-electron chi connectivity index (χ4n) is 3.04. The van der Waals surface area contributed by atoms with E-state index in [1.54, 1.807) is 48.5 Å². The lowest BCUT2D eigenvalue weighted by Gasteiger charge is -2.12. The minimum Gasteiger partial charge on any atom is -0.493 e. The zero-order valence-electron chi connectivity index (χ0n) is 16.6. The lowest BCUT2D eigenvalue weighted by Crippen LogP contribution is -2.20. The number of halogens is 1. The molecule has 0 fully saturated rings. The van der Waals surface area contributed by atoms with Gasteiger partial charge in [0.2, 0.25) is 0 Å². The van der Waals surface area contributed by atoms with Crippen molar-refractivity contribution >= 4 is 34.0 Å². The maximum atomic E-state index is 14.0. The molecule has 1 amide bonds. The third-order valence-corrected chi connectivity index (χ3v) is 4.45. The standard InChI is InChI=1S/C23H19FN4O3/c1-30-19-10-2-3-11-20(19)31-13-21(29)27-15-6-4-7-16(12-15)28-23-17-8-5-9-18(24)22(17)25-14-26-23/h2-12,14H,13H2,1H3,(H,27,29)(H,25,26,28). The number of para-hydroxylation sites is 3. The number of aromatic nitrogens is 2. The van der Waals surface area contributed by atoms with Gasteiger partial charge in [0.15, 0.2) is 18.1 Å². The first kappa shape index (κ1) is 20.1. The molecule has 0 unspecified atom stereocenters. The summed E-state index contributed by atoms with van der Waals surface area (Å²) < 4.78 is 24.7. The zero-order chi connectivity index (χ0) is 21.6. The van der Waals surface area contributed by atoms with Gasteiger partial charge < -0.3 is 20.1 Å². The fourth-order valence-corrected chi connectivity index (χ4v) is 3.04. The number of benzene rings is 3. The van der Waals surface area contributed by atoms with Gasteiger partial charge in [0, 0.05) is 16.8 Å². The van der Waals surface area contributed by atoms with E-state index >= 15 is 0 Å². The second-order valence-electron chi connectivity index (χ2n) is 6.55. The quantitative estimate of drug-likeness (QED) is 0.458. The molecule has 7 nitrogen and oxygen atoms in total. The summed E-state index contributed by atoms with van der Waals surface area (Å²) in [7, 11) is 1.54. The largest absolute Gasteiger partial charge is 0.493 e. The monoisotopic (exact) mass is 418 g/mol. The number of rotatable bonds is 7. The molecule has 2 N–H and O–H groups in total. The predicted octanol–water partition coefficient (Wildman–Crippen LogP) is 4.54. The summed E-state index contributed by atoms with van der Waals surface area (Å²) in [5.74, 6) is 0.762. The van der Waals surface area contributed by atoms with E-state index < -0.39 is 5.82 Å². The Morgan fingerprint density at radius 2 is 1.74 bits per heavy atom. The summed E-state index contributed by atoms with van der Waals surface area (Å²) in [5.41, 5.74) is 1.48. The number of hydrogen-bond acceptors (Lipinski definition) is 6. The molecule has 0 atom stereocenters. The highest BCUT2D eigenvalue weighted by molar-refractivity contribution is 5.93. The van der Waals surface area contributed by atoms with Crippen LogP contribution in [0, 0.1) is 5.82 Å². The Balaban J connectivity index is 1.44. The molecule has 4 rings (SSSR count). The van der Waals surface area contributed by atoms with Crippen molar-refractivity contribution in [1.29, 1.82) is 0 Å². The summed E-state index contributed by atoms with van der Waals surface area (Å²) >= 11 is 0. The topological polar surface area (TPSA) is 85.4 Å². The predicted molar refractivity (Wildman–Crippen MR) is 116 cm³/mol. The van der Waals surface area contributed by atoms with Crippen molar-refractivity contribution in [2.75, 3.05) is 24.4 Å². The van der Waals surface area contributed by atoms with Crippen LogP contribution in [-0.4, -0.2) is 29.6 Å². The van der Waals surface area contributed by atoms with Crippen LogP contribution in [0.3, 0.4) is 0 Å². The number of ether oxygens (including phenoxy) is 2. The van der Waals surface area contributed by atoms with Crippen LogP contribution in [0.4, 0.5) is 21.6 Å². The van der Waals surface area contributed by atoms with Crippen LogP contribution in [0.5, 0.6) is 11.5 Å². The maximum Gasteiger partial charge on any atom is 0.262 e. The Bertz CT molecular complexity index is 1230. The van der Waals surface area contributed by atoms with Gasteiger partial charge in [0.05, 0.1) is 7.11 Å². The van der Waals surface area contributed by atoms with Gasteiger partial charge in [-0.05, 0) is 42.5 Å². The summed E-state index contributed by atoms with van der Waals surface area (Å²) in [5, 5.41) is 6.49. The van der Waals surface area contributed by atoms with Crippen LogP contribution in [0.2, 0.25) is 0 Å². The highest BCUT2D eigenvalue weighted by atomic mass is 19.1. The number of fused-ring (bicyclic) bond motifs is 1. The van der Waals surface area contributed by atoms with Crippen molar-refractivity contribution in [1.82, 2.24) is 9.97 Å². The minimum absolute atomic E-state index is 0.173. The summed E-state index contributed by atoms with van der Waals surface area (Å²) in [6.45, 7) is -0.173. The van der Waals surface area contributed by atoms with E-state index in [-0.39, 0.29) is 18.0 Å². The van der Waals surface area contributed by atoms with E-state index in [0.717, 1.165) is 0 Å². The van der Waals surface area contributed by atoms with Gasteiger partial charge in [0.25, 0.3) is 5.91 Å². The van der Waals surface area contributed by atoms with Crippen LogP contribution in [0.1, 0.15) is 0 Å². The normalized spacial score (nSPS) is 10.5. The highest BCUT2D eigenvalue weighted by Gasteiger charge is 2.10. The second-order valence-corrected chi connectivity index (χ2v) is 6.55. The molecule has 0 aliphatic heterocycles. The Morgan fingerprint density at radius 1 is 0.968 bits per heavy atom. The Hall–Kier alpha value is -4.20. The SMILES string of the molecule is COc1ccccc1OCC(=O)Nc1cccc(Nc2ncnc3c(F)cccc23)c1. The number of carbonyl (C=O) groups is 1. The van der Waals surface area contributed by atoms with Crippen LogP contribution < -0.4 is 20.1 Å². The van der Waals surface area contributed by atoms with E-state index in [1.807, 2.05) is 12.1 Å². The lowest BCUT2D eigenvalue weighted by atomic mass is 10.2. The molecule has 0 aliphatic carbocycles. The minimum atomic E-state index is -0.418. The molecular formula is C23H19FN4O3. The van der Waals surface area contributed by atoms with Crippen molar-refractivity contribution in [2.45, 2.75) is 0 Å². The van der Waals surface area contributed by atoms with Gasteiger partial charge in [-0.1, -0.05) is 24.3 Å². The number of hydrogen-bond donors (Lipinski definition) is 2. The molecule has 31 heavy (non-hydrogen) atoms. The molecule has 156 valence electrons. The third-order valence-electron chi connectivity index (χ3n) is 4.45. The number of amides is 1. The molecule has 4 aromatic rings. The number of carbonyl (C=O) groups excluding carboxylic acids is 1. The Morgan fingerprint density at radius 3 is 2.58 bits per heavy atom. The van der Waals surface area contributed by atoms with E-state index in [9.17, 15) is 9.18 Å². The van der Waals surface area contributed by atoms with Gasteiger partial charge in [0.1, 0.15) is 23.5 Å². The second kappa shape index (κ2) is 9.08. The molecule has 0 radical (unpaired) electrons. The van der Waals surface area contributed by atoms with E-state index in [0.29, 0.717) is 34.1 Å². The Labute approximate surface area is 177 Å². The van der Waals surface area contributed by atoms with Gasteiger partial charge >= 0.3 is 0 Å². The summed E-state index contributed by atoms with van der Waals surface area (Å²) in [6, 6.07) is 18.9. The maximum absolute atomic E-state index is 14.0. The average Bonchev–Trinajstić information content (AvgIpc) is 2.79.